The normalized spacial score (nSPS) is 20.5. The van der Waals surface area contributed by atoms with Gasteiger partial charge in [-0.25, -0.2) is 9.59 Å². The van der Waals surface area contributed by atoms with Crippen molar-refractivity contribution in [3.63, 3.8) is 0 Å². The monoisotopic (exact) mass is 816 g/mol. The molecule has 2 aromatic rings. The average molecular weight is 819 g/mol. The molecule has 12 nitrogen and oxygen atoms in total. The second kappa shape index (κ2) is 16.9. The Hall–Kier alpha value is -3.20. The zero-order valence-electron chi connectivity index (χ0n) is 28.5. The number of para-hydroxylation sites is 1. The number of halogens is 2. The van der Waals surface area contributed by atoms with Crippen LogP contribution < -0.4 is 5.32 Å². The van der Waals surface area contributed by atoms with Gasteiger partial charge in [0.05, 0.1) is 13.7 Å². The number of methoxy groups -OCH3 is 1. The number of piperidine rings is 2. The van der Waals surface area contributed by atoms with Crippen molar-refractivity contribution >= 4 is 61.5 Å². The topological polar surface area (TPSA) is 115 Å². The molecule has 14 heteroatoms. The molecule has 0 unspecified atom stereocenters. The summed E-state index contributed by atoms with van der Waals surface area (Å²) in [5.41, 5.74) is 2.87. The first-order valence-electron chi connectivity index (χ1n) is 17.6. The van der Waals surface area contributed by atoms with Gasteiger partial charge in [-0.1, -0.05) is 24.3 Å². The Morgan fingerprint density at radius 3 is 2.22 bits per heavy atom. The van der Waals surface area contributed by atoms with E-state index in [4.69, 9.17) is 9.47 Å². The first-order valence-corrected chi connectivity index (χ1v) is 19.1. The summed E-state index contributed by atoms with van der Waals surface area (Å²) >= 11 is 7.08. The Morgan fingerprint density at radius 2 is 1.52 bits per heavy atom. The van der Waals surface area contributed by atoms with Gasteiger partial charge in [-0.05, 0) is 93.3 Å². The van der Waals surface area contributed by atoms with E-state index in [9.17, 15) is 19.2 Å². The van der Waals surface area contributed by atoms with Crippen molar-refractivity contribution in [2.75, 3.05) is 77.9 Å². The van der Waals surface area contributed by atoms with Crippen LogP contribution in [0.3, 0.4) is 0 Å². The zero-order valence-corrected chi connectivity index (χ0v) is 31.7. The molecule has 50 heavy (non-hydrogen) atoms. The first-order chi connectivity index (χ1) is 24.2. The van der Waals surface area contributed by atoms with Gasteiger partial charge >= 0.3 is 18.1 Å². The van der Waals surface area contributed by atoms with Crippen LogP contribution in [-0.4, -0.2) is 139 Å². The predicted molar refractivity (Wildman–Crippen MR) is 196 cm³/mol. The highest BCUT2D eigenvalue weighted by molar-refractivity contribution is 9.13. The summed E-state index contributed by atoms with van der Waals surface area (Å²) in [4.78, 5) is 62.4. The number of esters is 1. The molecule has 2 aromatic carbocycles. The van der Waals surface area contributed by atoms with E-state index >= 15 is 0 Å². The third-order valence-corrected chi connectivity index (χ3v) is 12.4. The summed E-state index contributed by atoms with van der Waals surface area (Å²) in [5, 5.41) is 3.05. The number of ether oxygens (including phenoxy) is 2. The molecule has 3 saturated heterocycles. The SMILES string of the molecule is COC(=O)CN1CCN(C2CCN(C(=O)[C@@H](Cc3ccc(Br)c(Br)c3)OC(=O)N3CCC(N4CCc5ccccc5NC4=O)CC3)CC2)CC1. The van der Waals surface area contributed by atoms with Crippen molar-refractivity contribution in [2.45, 2.75) is 56.7 Å². The summed E-state index contributed by atoms with van der Waals surface area (Å²) in [5.74, 6) is -0.386. The average Bonchev–Trinajstić information content (AvgIpc) is 3.31. The number of anilines is 1. The van der Waals surface area contributed by atoms with Gasteiger partial charge in [0.25, 0.3) is 5.91 Å². The second-order valence-electron chi connectivity index (χ2n) is 13.5. The molecule has 0 spiro atoms. The number of rotatable bonds is 8. The summed E-state index contributed by atoms with van der Waals surface area (Å²) in [6.45, 7) is 6.40. The third-order valence-electron chi connectivity index (χ3n) is 10.5. The van der Waals surface area contributed by atoms with E-state index < -0.39 is 12.2 Å². The molecule has 4 aliphatic heterocycles. The molecule has 0 aliphatic carbocycles. The number of carbonyl (C=O) groups is 4. The van der Waals surface area contributed by atoms with Crippen LogP contribution in [0.2, 0.25) is 0 Å². The summed E-state index contributed by atoms with van der Waals surface area (Å²) in [6, 6.07) is 14.0. The number of amides is 4. The molecular weight excluding hydrogens is 772 g/mol. The van der Waals surface area contributed by atoms with Crippen LogP contribution in [0.1, 0.15) is 36.8 Å². The minimum Gasteiger partial charge on any atom is -0.468 e. The van der Waals surface area contributed by atoms with Gasteiger partial charge in [-0.2, -0.15) is 0 Å². The molecule has 6 rings (SSSR count). The summed E-state index contributed by atoms with van der Waals surface area (Å²) in [7, 11) is 1.42. The van der Waals surface area contributed by atoms with Crippen LogP contribution in [0.5, 0.6) is 0 Å². The van der Waals surface area contributed by atoms with Crippen molar-refractivity contribution in [1.82, 2.24) is 24.5 Å². The minimum atomic E-state index is -0.957. The van der Waals surface area contributed by atoms with Crippen molar-refractivity contribution in [1.29, 1.82) is 0 Å². The zero-order chi connectivity index (χ0) is 35.2. The number of urea groups is 1. The van der Waals surface area contributed by atoms with E-state index in [-0.39, 0.29) is 30.4 Å². The molecule has 1 atom stereocenters. The molecule has 4 amide bonds. The van der Waals surface area contributed by atoms with E-state index in [0.29, 0.717) is 58.2 Å². The molecule has 0 radical (unpaired) electrons. The number of piperazine rings is 1. The van der Waals surface area contributed by atoms with Gasteiger partial charge in [-0.3, -0.25) is 19.4 Å². The Morgan fingerprint density at radius 1 is 0.840 bits per heavy atom. The van der Waals surface area contributed by atoms with E-state index in [1.165, 1.54) is 7.11 Å². The molecular formula is C36H46Br2N6O6. The lowest BCUT2D eigenvalue weighted by molar-refractivity contribution is -0.142. The third kappa shape index (κ3) is 8.99. The van der Waals surface area contributed by atoms with Crippen molar-refractivity contribution < 1.29 is 28.7 Å². The van der Waals surface area contributed by atoms with Gasteiger partial charge in [0.1, 0.15) is 0 Å². The smallest absolute Gasteiger partial charge is 0.410 e. The number of nitrogens with zero attached hydrogens (tertiary/aromatic N) is 5. The standard InChI is InChI=1S/C36H46Br2N6O6/c1-49-33(45)24-40-18-20-41(21-19-40)27-9-13-42(14-10-27)34(46)32(23-25-6-7-29(37)30(38)22-25)50-36(48)43-15-11-28(12-16-43)44-17-8-26-4-2-3-5-31(26)39-35(44)47/h2-7,22,27-28,32H,8-21,23-24H2,1H3,(H,39,47)/t32-/m1/s1. The lowest BCUT2D eigenvalue weighted by atomic mass is 10.0. The molecule has 270 valence electrons. The van der Waals surface area contributed by atoms with Gasteiger partial charge < -0.3 is 29.5 Å². The highest BCUT2D eigenvalue weighted by atomic mass is 79.9. The Bertz CT molecular complexity index is 1540. The number of fused-ring (bicyclic) bond motifs is 1. The Kier molecular flexibility index (Phi) is 12.3. The molecule has 4 aliphatic rings. The number of carbonyl (C=O) groups excluding carboxylic acids is 4. The molecule has 0 saturated carbocycles. The molecule has 3 fully saturated rings. The lowest BCUT2D eigenvalue weighted by Gasteiger charge is -2.43. The largest absolute Gasteiger partial charge is 0.468 e. The fourth-order valence-electron chi connectivity index (χ4n) is 7.54. The van der Waals surface area contributed by atoms with Crippen LogP contribution in [-0.2, 0) is 31.9 Å². The van der Waals surface area contributed by atoms with Crippen molar-refractivity contribution in [3.05, 3.63) is 62.5 Å². The highest BCUT2D eigenvalue weighted by Gasteiger charge is 2.36. The Balaban J connectivity index is 1.04. The second-order valence-corrected chi connectivity index (χ2v) is 15.2. The number of nitrogens with one attached hydrogen (secondary N) is 1. The minimum absolute atomic E-state index is 0.0167. The fourth-order valence-corrected chi connectivity index (χ4v) is 8.22. The molecule has 0 bridgehead atoms. The molecule has 0 aromatic heterocycles. The molecule has 1 N–H and O–H groups in total. The van der Waals surface area contributed by atoms with E-state index in [2.05, 4.69) is 47.0 Å². The fraction of sp³-hybridized carbons (Fsp3) is 0.556. The quantitative estimate of drug-likeness (QED) is 0.385. The van der Waals surface area contributed by atoms with Crippen molar-refractivity contribution in [2.24, 2.45) is 0 Å². The maximum absolute atomic E-state index is 14.0. The number of hydrogen-bond acceptors (Lipinski definition) is 8. The predicted octanol–water partition coefficient (Wildman–Crippen LogP) is 4.60. The Labute approximate surface area is 310 Å². The summed E-state index contributed by atoms with van der Waals surface area (Å²) in [6.07, 6.45) is 2.56. The van der Waals surface area contributed by atoms with E-state index in [1.807, 2.05) is 52.3 Å². The van der Waals surface area contributed by atoms with Gasteiger partial charge in [0.2, 0.25) is 0 Å². The van der Waals surface area contributed by atoms with Crippen LogP contribution >= 0.6 is 31.9 Å². The maximum Gasteiger partial charge on any atom is 0.410 e. The van der Waals surface area contributed by atoms with Crippen LogP contribution in [0.15, 0.2) is 51.4 Å². The first kappa shape index (κ1) is 36.6. The maximum atomic E-state index is 14.0. The number of likely N-dealkylation sites (tertiary alicyclic amines) is 2. The van der Waals surface area contributed by atoms with Gasteiger partial charge in [0, 0.05) is 92.0 Å². The lowest BCUT2D eigenvalue weighted by Crippen LogP contribution is -2.55. The summed E-state index contributed by atoms with van der Waals surface area (Å²) < 4.78 is 12.6. The number of hydrogen-bond donors (Lipinski definition) is 1. The van der Waals surface area contributed by atoms with Crippen molar-refractivity contribution in [3.8, 4) is 0 Å². The van der Waals surface area contributed by atoms with E-state index in [1.54, 1.807) is 4.90 Å². The van der Waals surface area contributed by atoms with Crippen LogP contribution in [0.4, 0.5) is 15.3 Å². The van der Waals surface area contributed by atoms with Gasteiger partial charge in [0.15, 0.2) is 6.10 Å². The number of benzene rings is 2. The molecule has 4 heterocycles. The highest BCUT2D eigenvalue weighted by Crippen LogP contribution is 2.28. The van der Waals surface area contributed by atoms with Crippen LogP contribution in [0.25, 0.3) is 0 Å². The van der Waals surface area contributed by atoms with Gasteiger partial charge in [-0.15, -0.1) is 0 Å². The van der Waals surface area contributed by atoms with E-state index in [0.717, 1.165) is 71.2 Å². The van der Waals surface area contributed by atoms with Crippen LogP contribution in [0, 0.1) is 0 Å².